The van der Waals surface area contributed by atoms with Gasteiger partial charge in [-0.25, -0.2) is 4.79 Å². The fourth-order valence-corrected chi connectivity index (χ4v) is 9.62. The maximum atomic E-state index is 12.2. The highest BCUT2D eigenvalue weighted by Gasteiger charge is 2.47. The zero-order valence-corrected chi connectivity index (χ0v) is 15.0. The average Bonchev–Trinajstić information content (AvgIpc) is 2.80. The summed E-state index contributed by atoms with van der Waals surface area (Å²) in [6.07, 6.45) is 5.13. The topological polar surface area (TPSA) is 26.3 Å². The summed E-state index contributed by atoms with van der Waals surface area (Å²) >= 11 is 0. The van der Waals surface area contributed by atoms with E-state index in [-0.39, 0.29) is 5.97 Å². The molecule has 0 amide bonds. The lowest BCUT2D eigenvalue weighted by Gasteiger charge is -2.38. The van der Waals surface area contributed by atoms with Crippen molar-refractivity contribution >= 4 is 14.3 Å². The first kappa shape index (κ1) is 17.5. The van der Waals surface area contributed by atoms with Crippen LogP contribution < -0.4 is 0 Å². The van der Waals surface area contributed by atoms with Crippen LogP contribution in [0.15, 0.2) is 12.2 Å². The first-order chi connectivity index (χ1) is 9.27. The third-order valence-electron chi connectivity index (χ3n) is 4.25. The minimum atomic E-state index is -2.02. The largest absolute Gasteiger partial charge is 0.516 e. The van der Waals surface area contributed by atoms with Crippen molar-refractivity contribution in [2.75, 3.05) is 0 Å². The molecule has 1 aliphatic carbocycles. The molecule has 1 aliphatic rings. The highest BCUT2D eigenvalue weighted by Crippen LogP contribution is 2.46. The van der Waals surface area contributed by atoms with Crippen LogP contribution in [0.4, 0.5) is 0 Å². The van der Waals surface area contributed by atoms with Gasteiger partial charge in [0.25, 0.3) is 8.32 Å². The smallest absolute Gasteiger partial charge is 0.319 e. The van der Waals surface area contributed by atoms with Crippen molar-refractivity contribution in [2.24, 2.45) is 11.8 Å². The van der Waals surface area contributed by atoms with Crippen molar-refractivity contribution in [3.63, 3.8) is 0 Å². The lowest BCUT2D eigenvalue weighted by molar-refractivity contribution is -0.131. The number of carbonyl (C=O) groups is 1. The van der Waals surface area contributed by atoms with Gasteiger partial charge < -0.3 is 4.43 Å². The molecule has 0 saturated heterocycles. The van der Waals surface area contributed by atoms with Gasteiger partial charge in [0, 0.05) is 5.57 Å². The molecule has 1 saturated carbocycles. The molecule has 0 bridgehead atoms. The van der Waals surface area contributed by atoms with Crippen molar-refractivity contribution < 1.29 is 9.22 Å². The molecule has 0 aromatic carbocycles. The van der Waals surface area contributed by atoms with Gasteiger partial charge in [0.2, 0.25) is 0 Å². The van der Waals surface area contributed by atoms with E-state index in [0.717, 1.165) is 12.1 Å². The van der Waals surface area contributed by atoms with Gasteiger partial charge >= 0.3 is 5.97 Å². The first-order valence-corrected chi connectivity index (χ1v) is 10.6. The molecule has 0 radical (unpaired) electrons. The van der Waals surface area contributed by atoms with Crippen LogP contribution >= 0.6 is 0 Å². The molecule has 0 aromatic rings. The van der Waals surface area contributed by atoms with Crippen LogP contribution in [0.3, 0.4) is 0 Å². The van der Waals surface area contributed by atoms with E-state index in [9.17, 15) is 4.79 Å². The van der Waals surface area contributed by atoms with Crippen LogP contribution in [0, 0.1) is 11.8 Å². The van der Waals surface area contributed by atoms with E-state index in [1.54, 1.807) is 6.92 Å². The zero-order chi connectivity index (χ0) is 15.3. The van der Waals surface area contributed by atoms with Gasteiger partial charge in [-0.3, -0.25) is 0 Å². The second-order valence-corrected chi connectivity index (χ2v) is 11.4. The molecule has 1 fully saturated rings. The molecular formula is C17H32O2Si. The van der Waals surface area contributed by atoms with Crippen molar-refractivity contribution in [1.29, 1.82) is 0 Å². The summed E-state index contributed by atoms with van der Waals surface area (Å²) < 4.78 is 6.21. The van der Waals surface area contributed by atoms with Crippen LogP contribution in [0.5, 0.6) is 0 Å². The molecule has 0 aliphatic heterocycles. The van der Waals surface area contributed by atoms with Gasteiger partial charge in [-0.2, -0.15) is 0 Å². The predicted octanol–water partition coefficient (Wildman–Crippen LogP) is 5.31. The second-order valence-electron chi connectivity index (χ2n) is 7.41. The Balaban J connectivity index is 3.02. The zero-order valence-electron chi connectivity index (χ0n) is 14.0. The number of rotatable bonds is 7. The fraction of sp³-hybridized carbons (Fsp3) is 0.824. The van der Waals surface area contributed by atoms with Crippen LogP contribution in [0.25, 0.3) is 0 Å². The Hall–Kier alpha value is -0.573. The van der Waals surface area contributed by atoms with Gasteiger partial charge in [-0.05, 0) is 49.2 Å². The van der Waals surface area contributed by atoms with Crippen LogP contribution in [0.1, 0.15) is 60.3 Å². The molecule has 0 N–H and O–H groups in total. The Kier molecular flexibility index (Phi) is 6.50. The Morgan fingerprint density at radius 1 is 1.15 bits per heavy atom. The van der Waals surface area contributed by atoms with Gasteiger partial charge in [-0.1, -0.05) is 47.1 Å². The summed E-state index contributed by atoms with van der Waals surface area (Å²) in [5.74, 6) is 1.04. The average molecular weight is 297 g/mol. The Morgan fingerprint density at radius 3 is 1.95 bits per heavy atom. The summed E-state index contributed by atoms with van der Waals surface area (Å²) in [5.41, 5.74) is 1.21. The summed E-state index contributed by atoms with van der Waals surface area (Å²) in [5, 5.41) is 0. The van der Waals surface area contributed by atoms with E-state index < -0.39 is 8.32 Å². The Labute approximate surface area is 126 Å². The van der Waals surface area contributed by atoms with Gasteiger partial charge in [-0.15, -0.1) is 0 Å². The molecule has 0 unspecified atom stereocenters. The molecule has 2 nitrogen and oxygen atoms in total. The maximum Gasteiger partial charge on any atom is 0.319 e. The molecule has 1 rings (SSSR count). The molecule has 0 aromatic heterocycles. The van der Waals surface area contributed by atoms with Gasteiger partial charge in [0.05, 0.1) is 0 Å². The van der Waals surface area contributed by atoms with E-state index in [2.05, 4.69) is 34.3 Å². The van der Waals surface area contributed by atoms with Crippen molar-refractivity contribution in [2.45, 2.75) is 77.9 Å². The highest BCUT2D eigenvalue weighted by atomic mass is 28.4. The van der Waals surface area contributed by atoms with Gasteiger partial charge in [0.15, 0.2) is 0 Å². The highest BCUT2D eigenvalue weighted by molar-refractivity contribution is 6.77. The minimum absolute atomic E-state index is 0.148. The van der Waals surface area contributed by atoms with E-state index in [0.29, 0.717) is 23.0 Å². The van der Waals surface area contributed by atoms with Crippen LogP contribution in [-0.4, -0.2) is 14.3 Å². The lowest BCUT2D eigenvalue weighted by atomic mass is 10.3. The number of carbonyl (C=O) groups excluding carboxylic acids is 1. The molecule has 0 heterocycles. The standard InChI is InChI=1S/C17H32O2Si/c1-13(2)11-20(12-14(3)4,16-9-7-8-10-16)19-17(18)15(5)6/h13-14,16H,5,7-12H2,1-4,6H3. The van der Waals surface area contributed by atoms with Crippen molar-refractivity contribution in [3.05, 3.63) is 12.2 Å². The van der Waals surface area contributed by atoms with E-state index in [1.165, 1.54) is 25.7 Å². The van der Waals surface area contributed by atoms with E-state index in [1.807, 2.05) is 0 Å². The third-order valence-corrected chi connectivity index (χ3v) is 9.92. The predicted molar refractivity (Wildman–Crippen MR) is 88.2 cm³/mol. The summed E-state index contributed by atoms with van der Waals surface area (Å²) in [7, 11) is -2.02. The van der Waals surface area contributed by atoms with Gasteiger partial charge in [0.1, 0.15) is 0 Å². The van der Waals surface area contributed by atoms with Crippen LogP contribution in [-0.2, 0) is 9.22 Å². The molecule has 0 atom stereocenters. The SMILES string of the molecule is C=C(C)C(=O)O[Si](CC(C)C)(CC(C)C)C1CCCC1. The fourth-order valence-electron chi connectivity index (χ4n) is 3.69. The Bertz CT molecular complexity index is 331. The maximum absolute atomic E-state index is 12.2. The van der Waals surface area contributed by atoms with E-state index in [4.69, 9.17) is 4.43 Å². The first-order valence-electron chi connectivity index (χ1n) is 8.15. The van der Waals surface area contributed by atoms with Crippen molar-refractivity contribution in [1.82, 2.24) is 0 Å². The van der Waals surface area contributed by atoms with Crippen LogP contribution in [0.2, 0.25) is 17.6 Å². The van der Waals surface area contributed by atoms with E-state index >= 15 is 0 Å². The molecule has 3 heteroatoms. The molecular weight excluding hydrogens is 264 g/mol. The molecule has 116 valence electrons. The lowest BCUT2D eigenvalue weighted by Crippen LogP contribution is -2.46. The summed E-state index contributed by atoms with van der Waals surface area (Å²) in [6.45, 7) is 14.6. The third kappa shape index (κ3) is 4.76. The Morgan fingerprint density at radius 2 is 1.60 bits per heavy atom. The van der Waals surface area contributed by atoms with Crippen molar-refractivity contribution in [3.8, 4) is 0 Å². The second kappa shape index (κ2) is 7.44. The number of hydrogen-bond donors (Lipinski definition) is 0. The summed E-state index contributed by atoms with van der Waals surface area (Å²) in [4.78, 5) is 12.2. The molecule has 20 heavy (non-hydrogen) atoms. The minimum Gasteiger partial charge on any atom is -0.516 e. The molecule has 0 spiro atoms. The quantitative estimate of drug-likeness (QED) is 0.470. The number of hydrogen-bond acceptors (Lipinski definition) is 2. The monoisotopic (exact) mass is 296 g/mol. The summed E-state index contributed by atoms with van der Waals surface area (Å²) in [6, 6.07) is 2.21. The normalized spacial score (nSPS) is 16.9.